The van der Waals surface area contributed by atoms with E-state index in [-0.39, 0.29) is 11.8 Å². The first-order valence-electron chi connectivity index (χ1n) is 7.58. The van der Waals surface area contributed by atoms with Crippen LogP contribution >= 0.6 is 0 Å². The maximum Gasteiger partial charge on any atom is 0.248 e. The fourth-order valence-corrected chi connectivity index (χ4v) is 3.40. The van der Waals surface area contributed by atoms with E-state index in [2.05, 4.69) is 5.32 Å². The number of amides is 2. The summed E-state index contributed by atoms with van der Waals surface area (Å²) >= 11 is 0. The molecule has 1 N–H and O–H groups in total. The smallest absolute Gasteiger partial charge is 0.248 e. The van der Waals surface area contributed by atoms with Crippen LogP contribution in [-0.2, 0) is 14.3 Å². The van der Waals surface area contributed by atoms with Gasteiger partial charge in [-0.3, -0.25) is 9.59 Å². The fourth-order valence-electron chi connectivity index (χ4n) is 3.40. The highest BCUT2D eigenvalue weighted by Gasteiger charge is 2.55. The summed E-state index contributed by atoms with van der Waals surface area (Å²) < 4.78 is 5.05. The molecular formula is C15H26N2O3. The Balaban J connectivity index is 2.16. The van der Waals surface area contributed by atoms with Gasteiger partial charge < -0.3 is 15.0 Å². The third-order valence-corrected chi connectivity index (χ3v) is 4.56. The second kappa shape index (κ2) is 5.72. The molecule has 0 aromatic carbocycles. The van der Waals surface area contributed by atoms with Gasteiger partial charge in [0.1, 0.15) is 11.1 Å². The highest BCUT2D eigenvalue weighted by molar-refractivity contribution is 6.02. The van der Waals surface area contributed by atoms with E-state index < -0.39 is 11.1 Å². The van der Waals surface area contributed by atoms with Crippen LogP contribution in [0.2, 0.25) is 0 Å². The Hall–Kier alpha value is -1.10. The van der Waals surface area contributed by atoms with Gasteiger partial charge in [-0.1, -0.05) is 12.8 Å². The molecule has 1 saturated carbocycles. The van der Waals surface area contributed by atoms with Gasteiger partial charge in [-0.15, -0.1) is 0 Å². The quantitative estimate of drug-likeness (QED) is 0.777. The molecule has 1 spiro atoms. The molecule has 2 aliphatic rings. The van der Waals surface area contributed by atoms with Crippen LogP contribution in [0.25, 0.3) is 0 Å². The predicted molar refractivity (Wildman–Crippen MR) is 76.2 cm³/mol. The number of unbranched alkanes of at least 4 members (excludes halogenated alkanes) is 1. The van der Waals surface area contributed by atoms with Crippen LogP contribution in [0.15, 0.2) is 0 Å². The van der Waals surface area contributed by atoms with Crippen molar-refractivity contribution in [1.82, 2.24) is 10.2 Å². The van der Waals surface area contributed by atoms with Gasteiger partial charge in [-0.05, 0) is 39.5 Å². The number of nitrogens with zero attached hydrogens (tertiary/aromatic N) is 1. The second-order valence-corrected chi connectivity index (χ2v) is 6.47. The largest absolute Gasteiger partial charge is 0.385 e. The molecule has 20 heavy (non-hydrogen) atoms. The number of methoxy groups -OCH3 is 1. The Morgan fingerprint density at radius 3 is 2.45 bits per heavy atom. The highest BCUT2D eigenvalue weighted by Crippen LogP contribution is 2.39. The molecule has 2 rings (SSSR count). The standard InChI is InChI=1S/C15H26N2O3/c1-14(2)13(19)17(10-6-7-11-20-3)15(12(18)16-14)8-4-5-9-15/h4-11H2,1-3H3,(H,16,18). The van der Waals surface area contributed by atoms with Gasteiger partial charge in [-0.2, -0.15) is 0 Å². The van der Waals surface area contributed by atoms with Crippen LogP contribution in [0.3, 0.4) is 0 Å². The number of rotatable bonds is 5. The topological polar surface area (TPSA) is 58.6 Å². The van der Waals surface area contributed by atoms with Crippen LogP contribution in [0.1, 0.15) is 52.4 Å². The highest BCUT2D eigenvalue weighted by atomic mass is 16.5. The van der Waals surface area contributed by atoms with Crippen LogP contribution in [0.4, 0.5) is 0 Å². The van der Waals surface area contributed by atoms with Gasteiger partial charge in [0.15, 0.2) is 0 Å². The molecule has 114 valence electrons. The Labute approximate surface area is 121 Å². The lowest BCUT2D eigenvalue weighted by Gasteiger charge is -2.49. The molecule has 2 fully saturated rings. The third kappa shape index (κ3) is 2.55. The van der Waals surface area contributed by atoms with Crippen molar-refractivity contribution in [3.63, 3.8) is 0 Å². The van der Waals surface area contributed by atoms with Crippen molar-refractivity contribution < 1.29 is 14.3 Å². The Morgan fingerprint density at radius 2 is 1.85 bits per heavy atom. The molecule has 5 heteroatoms. The molecule has 2 amide bonds. The molecule has 1 aliphatic carbocycles. The van der Waals surface area contributed by atoms with Crippen molar-refractivity contribution in [2.75, 3.05) is 20.3 Å². The number of carbonyl (C=O) groups excluding carboxylic acids is 2. The number of nitrogens with one attached hydrogen (secondary N) is 1. The first kappa shape index (κ1) is 15.3. The van der Waals surface area contributed by atoms with Crippen LogP contribution in [0.5, 0.6) is 0 Å². The monoisotopic (exact) mass is 282 g/mol. The average Bonchev–Trinajstić information content (AvgIpc) is 2.86. The normalized spacial score (nSPS) is 24.2. The van der Waals surface area contributed by atoms with Crippen molar-refractivity contribution >= 4 is 11.8 Å². The number of carbonyl (C=O) groups is 2. The van der Waals surface area contributed by atoms with E-state index in [0.717, 1.165) is 38.5 Å². The molecule has 1 aliphatic heterocycles. The summed E-state index contributed by atoms with van der Waals surface area (Å²) in [5, 5.41) is 2.91. The minimum atomic E-state index is -0.786. The van der Waals surface area contributed by atoms with Gasteiger partial charge in [0.2, 0.25) is 11.8 Å². The molecule has 5 nitrogen and oxygen atoms in total. The fraction of sp³-hybridized carbons (Fsp3) is 0.867. The number of hydrogen-bond donors (Lipinski definition) is 1. The zero-order chi connectivity index (χ0) is 14.8. The Morgan fingerprint density at radius 1 is 1.20 bits per heavy atom. The van der Waals surface area contributed by atoms with E-state index in [0.29, 0.717) is 13.2 Å². The Bertz CT molecular complexity index is 387. The first-order valence-corrected chi connectivity index (χ1v) is 7.58. The van der Waals surface area contributed by atoms with Crippen LogP contribution in [0, 0.1) is 0 Å². The van der Waals surface area contributed by atoms with Crippen molar-refractivity contribution in [2.24, 2.45) is 0 Å². The Kier molecular flexibility index (Phi) is 4.37. The van der Waals surface area contributed by atoms with Crippen LogP contribution in [-0.4, -0.2) is 48.1 Å². The van der Waals surface area contributed by atoms with E-state index in [4.69, 9.17) is 4.74 Å². The van der Waals surface area contributed by atoms with E-state index in [1.807, 2.05) is 4.90 Å². The van der Waals surface area contributed by atoms with Gasteiger partial charge in [-0.25, -0.2) is 0 Å². The minimum Gasteiger partial charge on any atom is -0.385 e. The van der Waals surface area contributed by atoms with Gasteiger partial charge in [0.25, 0.3) is 0 Å². The molecular weight excluding hydrogens is 256 g/mol. The van der Waals surface area contributed by atoms with Gasteiger partial charge in [0.05, 0.1) is 0 Å². The summed E-state index contributed by atoms with van der Waals surface area (Å²) in [5.41, 5.74) is -1.37. The summed E-state index contributed by atoms with van der Waals surface area (Å²) in [5.74, 6) is 0.0859. The van der Waals surface area contributed by atoms with Crippen LogP contribution < -0.4 is 5.32 Å². The molecule has 0 bridgehead atoms. The molecule has 0 unspecified atom stereocenters. The molecule has 0 aromatic heterocycles. The summed E-state index contributed by atoms with van der Waals surface area (Å²) in [4.78, 5) is 27.1. The summed E-state index contributed by atoms with van der Waals surface area (Å²) in [6.07, 6.45) is 5.43. The molecule has 1 saturated heterocycles. The molecule has 0 atom stereocenters. The minimum absolute atomic E-state index is 0.0336. The van der Waals surface area contributed by atoms with E-state index in [1.165, 1.54) is 0 Å². The van der Waals surface area contributed by atoms with E-state index in [1.54, 1.807) is 21.0 Å². The first-order chi connectivity index (χ1) is 9.44. The maximum atomic E-state index is 12.7. The number of hydrogen-bond acceptors (Lipinski definition) is 3. The predicted octanol–water partition coefficient (Wildman–Crippen LogP) is 1.46. The lowest BCUT2D eigenvalue weighted by Crippen LogP contribution is -2.73. The van der Waals surface area contributed by atoms with Crippen molar-refractivity contribution in [3.05, 3.63) is 0 Å². The lowest BCUT2D eigenvalue weighted by molar-refractivity contribution is -0.161. The summed E-state index contributed by atoms with van der Waals surface area (Å²) in [6.45, 7) is 4.93. The second-order valence-electron chi connectivity index (χ2n) is 6.47. The van der Waals surface area contributed by atoms with Gasteiger partial charge in [0, 0.05) is 20.3 Å². The number of piperazine rings is 1. The zero-order valence-corrected chi connectivity index (χ0v) is 12.8. The summed E-state index contributed by atoms with van der Waals surface area (Å²) in [6, 6.07) is 0. The zero-order valence-electron chi connectivity index (χ0n) is 12.8. The van der Waals surface area contributed by atoms with Crippen molar-refractivity contribution in [2.45, 2.75) is 63.5 Å². The molecule has 1 heterocycles. The van der Waals surface area contributed by atoms with E-state index in [9.17, 15) is 9.59 Å². The lowest BCUT2D eigenvalue weighted by atomic mass is 9.85. The van der Waals surface area contributed by atoms with E-state index >= 15 is 0 Å². The van der Waals surface area contributed by atoms with Gasteiger partial charge >= 0.3 is 0 Å². The SMILES string of the molecule is COCCCCN1C(=O)C(C)(C)NC(=O)C12CCCC2. The summed E-state index contributed by atoms with van der Waals surface area (Å²) in [7, 11) is 1.68. The number of ether oxygens (including phenoxy) is 1. The van der Waals surface area contributed by atoms with Crippen molar-refractivity contribution in [1.29, 1.82) is 0 Å². The molecule has 0 radical (unpaired) electrons. The average molecular weight is 282 g/mol. The third-order valence-electron chi connectivity index (χ3n) is 4.56. The molecule has 0 aromatic rings. The maximum absolute atomic E-state index is 12.7. The van der Waals surface area contributed by atoms with Crippen molar-refractivity contribution in [3.8, 4) is 0 Å².